The molecule has 2 amide bonds. The summed E-state index contributed by atoms with van der Waals surface area (Å²) in [6, 6.07) is 0.781. The van der Waals surface area contributed by atoms with E-state index in [1.807, 2.05) is 0 Å². The molecule has 0 unspecified atom stereocenters. The molecule has 1 aliphatic heterocycles. The Morgan fingerprint density at radius 2 is 1.76 bits per heavy atom. The van der Waals surface area contributed by atoms with Crippen LogP contribution in [0.25, 0.3) is 0 Å². The lowest BCUT2D eigenvalue weighted by Crippen LogP contribution is -2.51. The summed E-state index contributed by atoms with van der Waals surface area (Å²) in [4.78, 5) is 14.7. The van der Waals surface area contributed by atoms with Crippen LogP contribution in [0.2, 0.25) is 0 Å². The van der Waals surface area contributed by atoms with E-state index in [2.05, 4.69) is 36.3 Å². The van der Waals surface area contributed by atoms with Gasteiger partial charge in [0, 0.05) is 31.7 Å². The lowest BCUT2D eigenvalue weighted by molar-refractivity contribution is 0.174. The second-order valence-electron chi connectivity index (χ2n) is 7.45. The molecule has 2 rings (SSSR count). The molecule has 2 atom stereocenters. The number of hydrogen-bond donors (Lipinski definition) is 2. The molecule has 0 radical (unpaired) electrons. The Morgan fingerprint density at radius 3 is 2.38 bits per heavy atom. The van der Waals surface area contributed by atoms with Crippen LogP contribution in [0, 0.1) is 11.8 Å². The van der Waals surface area contributed by atoms with Gasteiger partial charge in [-0.15, -0.1) is 0 Å². The fourth-order valence-corrected chi connectivity index (χ4v) is 3.70. The number of rotatable bonds is 4. The van der Waals surface area contributed by atoms with Crippen molar-refractivity contribution in [3.8, 4) is 0 Å². The number of carbonyl (C=O) groups excluding carboxylic acids is 1. The van der Waals surface area contributed by atoms with Gasteiger partial charge in [-0.2, -0.15) is 0 Å². The summed E-state index contributed by atoms with van der Waals surface area (Å²) >= 11 is 0. The van der Waals surface area contributed by atoms with Gasteiger partial charge in [0.05, 0.1) is 0 Å². The Hall–Kier alpha value is -0.770. The van der Waals surface area contributed by atoms with Crippen molar-refractivity contribution < 1.29 is 4.79 Å². The number of piperidine rings is 1. The largest absolute Gasteiger partial charge is 0.335 e. The Bertz CT molecular complexity index is 324. The van der Waals surface area contributed by atoms with E-state index in [9.17, 15) is 4.79 Å². The summed E-state index contributed by atoms with van der Waals surface area (Å²) in [6.45, 7) is 10.2. The van der Waals surface area contributed by atoms with Gasteiger partial charge in [-0.1, -0.05) is 33.6 Å². The zero-order valence-corrected chi connectivity index (χ0v) is 14.0. The third-order valence-corrected chi connectivity index (χ3v) is 4.97. The Kier molecular flexibility index (Phi) is 6.34. The first-order valence-corrected chi connectivity index (χ1v) is 8.84. The summed E-state index contributed by atoms with van der Waals surface area (Å²) in [5.74, 6) is 1.35. The van der Waals surface area contributed by atoms with Gasteiger partial charge in [0.25, 0.3) is 0 Å². The van der Waals surface area contributed by atoms with Gasteiger partial charge < -0.3 is 15.5 Å². The normalized spacial score (nSPS) is 28.6. The van der Waals surface area contributed by atoms with Crippen LogP contribution in [0.4, 0.5) is 4.79 Å². The molecule has 1 aliphatic carbocycles. The molecular weight excluding hydrogens is 262 g/mol. The topological polar surface area (TPSA) is 44.4 Å². The molecule has 21 heavy (non-hydrogen) atoms. The number of likely N-dealkylation sites (tertiary alicyclic amines) is 1. The van der Waals surface area contributed by atoms with Gasteiger partial charge in [-0.05, 0) is 37.5 Å². The number of urea groups is 1. The quantitative estimate of drug-likeness (QED) is 0.837. The molecule has 1 saturated heterocycles. The summed E-state index contributed by atoms with van der Waals surface area (Å²) in [5.41, 5.74) is 0. The van der Waals surface area contributed by atoms with Crippen molar-refractivity contribution in [2.24, 2.45) is 11.8 Å². The van der Waals surface area contributed by atoms with Crippen molar-refractivity contribution in [1.82, 2.24) is 15.5 Å². The minimum absolute atomic E-state index is 0.0519. The fourth-order valence-electron chi connectivity index (χ4n) is 3.70. The summed E-state index contributed by atoms with van der Waals surface area (Å²) in [6.07, 6.45) is 7.12. The summed E-state index contributed by atoms with van der Waals surface area (Å²) in [7, 11) is 0. The third kappa shape index (κ3) is 5.50. The van der Waals surface area contributed by atoms with Gasteiger partial charge in [-0.25, -0.2) is 4.79 Å². The molecule has 0 bridgehead atoms. The lowest BCUT2D eigenvalue weighted by atomic mass is 9.86. The average molecular weight is 295 g/mol. The van der Waals surface area contributed by atoms with Crippen LogP contribution >= 0.6 is 0 Å². The Labute approximate surface area is 130 Å². The highest BCUT2D eigenvalue weighted by atomic mass is 16.2. The smallest absolute Gasteiger partial charge is 0.315 e. The van der Waals surface area contributed by atoms with Crippen LogP contribution in [0.15, 0.2) is 0 Å². The molecule has 122 valence electrons. The third-order valence-electron chi connectivity index (χ3n) is 4.97. The predicted octanol–water partition coefficient (Wildman–Crippen LogP) is 2.98. The van der Waals surface area contributed by atoms with Crippen LogP contribution in [0.3, 0.4) is 0 Å². The van der Waals surface area contributed by atoms with Crippen molar-refractivity contribution in [3.63, 3.8) is 0 Å². The molecular formula is C17H33N3O. The maximum absolute atomic E-state index is 12.1. The van der Waals surface area contributed by atoms with E-state index in [0.29, 0.717) is 18.0 Å². The maximum atomic E-state index is 12.1. The van der Waals surface area contributed by atoms with Crippen LogP contribution in [-0.2, 0) is 0 Å². The SMILES string of the molecule is CC(C)CN1CCC(NC(=O)N[C@H]2CCCC[C@H]2C)CC1. The average Bonchev–Trinajstić information content (AvgIpc) is 2.43. The lowest BCUT2D eigenvalue weighted by Gasteiger charge is -2.34. The molecule has 2 aliphatic rings. The molecule has 0 aromatic carbocycles. The van der Waals surface area contributed by atoms with Crippen molar-refractivity contribution in [2.75, 3.05) is 19.6 Å². The molecule has 4 heteroatoms. The van der Waals surface area contributed by atoms with E-state index in [1.54, 1.807) is 0 Å². The van der Waals surface area contributed by atoms with E-state index in [0.717, 1.165) is 38.3 Å². The highest BCUT2D eigenvalue weighted by Gasteiger charge is 2.25. The molecule has 1 saturated carbocycles. The van der Waals surface area contributed by atoms with Crippen LogP contribution in [0.5, 0.6) is 0 Å². The first kappa shape index (κ1) is 16.6. The highest BCUT2D eigenvalue weighted by molar-refractivity contribution is 5.74. The monoisotopic (exact) mass is 295 g/mol. The second-order valence-corrected chi connectivity index (χ2v) is 7.45. The predicted molar refractivity (Wildman–Crippen MR) is 87.4 cm³/mol. The first-order valence-electron chi connectivity index (χ1n) is 8.84. The van der Waals surface area contributed by atoms with Crippen molar-refractivity contribution in [3.05, 3.63) is 0 Å². The van der Waals surface area contributed by atoms with Crippen molar-refractivity contribution in [1.29, 1.82) is 0 Å². The van der Waals surface area contributed by atoms with Gasteiger partial charge in [0.15, 0.2) is 0 Å². The zero-order chi connectivity index (χ0) is 15.2. The van der Waals surface area contributed by atoms with Crippen LogP contribution in [-0.4, -0.2) is 42.6 Å². The maximum Gasteiger partial charge on any atom is 0.315 e. The van der Waals surface area contributed by atoms with E-state index in [-0.39, 0.29) is 6.03 Å². The summed E-state index contributed by atoms with van der Waals surface area (Å²) < 4.78 is 0. The van der Waals surface area contributed by atoms with Crippen LogP contribution in [0.1, 0.15) is 59.3 Å². The number of amides is 2. The van der Waals surface area contributed by atoms with E-state index in [1.165, 1.54) is 25.8 Å². The van der Waals surface area contributed by atoms with Gasteiger partial charge in [0.1, 0.15) is 0 Å². The standard InChI is InChI=1S/C17H33N3O/c1-13(2)12-20-10-8-15(9-11-20)18-17(21)19-16-7-5-4-6-14(16)3/h13-16H,4-12H2,1-3H3,(H2,18,19,21)/t14-,16+/m1/s1. The number of nitrogens with zero attached hydrogens (tertiary/aromatic N) is 1. The molecule has 2 N–H and O–H groups in total. The van der Waals surface area contributed by atoms with Gasteiger partial charge in [-0.3, -0.25) is 0 Å². The fraction of sp³-hybridized carbons (Fsp3) is 0.941. The van der Waals surface area contributed by atoms with Gasteiger partial charge >= 0.3 is 6.03 Å². The summed E-state index contributed by atoms with van der Waals surface area (Å²) in [5, 5.41) is 6.38. The molecule has 0 aromatic rings. The molecule has 4 nitrogen and oxygen atoms in total. The van der Waals surface area contributed by atoms with E-state index < -0.39 is 0 Å². The molecule has 1 heterocycles. The minimum atomic E-state index is 0.0519. The molecule has 0 aromatic heterocycles. The number of carbonyl (C=O) groups is 1. The van der Waals surface area contributed by atoms with E-state index >= 15 is 0 Å². The van der Waals surface area contributed by atoms with Crippen LogP contribution < -0.4 is 10.6 Å². The zero-order valence-electron chi connectivity index (χ0n) is 14.0. The Balaban J connectivity index is 1.67. The number of hydrogen-bond acceptors (Lipinski definition) is 2. The Morgan fingerprint density at radius 1 is 1.10 bits per heavy atom. The minimum Gasteiger partial charge on any atom is -0.335 e. The molecule has 0 spiro atoms. The second kappa shape index (κ2) is 8.02. The van der Waals surface area contributed by atoms with E-state index in [4.69, 9.17) is 0 Å². The van der Waals surface area contributed by atoms with Gasteiger partial charge in [0.2, 0.25) is 0 Å². The first-order chi connectivity index (χ1) is 10.0. The van der Waals surface area contributed by atoms with Crippen molar-refractivity contribution >= 4 is 6.03 Å². The highest BCUT2D eigenvalue weighted by Crippen LogP contribution is 2.23. The number of nitrogens with one attached hydrogen (secondary N) is 2. The van der Waals surface area contributed by atoms with Crippen molar-refractivity contribution in [2.45, 2.75) is 71.4 Å². The molecule has 2 fully saturated rings.